The van der Waals surface area contributed by atoms with Gasteiger partial charge in [0.1, 0.15) is 12.0 Å². The summed E-state index contributed by atoms with van der Waals surface area (Å²) in [5, 5.41) is 11.0. The van der Waals surface area contributed by atoms with Crippen LogP contribution < -0.4 is 10.5 Å². The van der Waals surface area contributed by atoms with Crippen molar-refractivity contribution in [3.8, 4) is 5.88 Å². The fourth-order valence-electron chi connectivity index (χ4n) is 1.82. The molecule has 0 bridgehead atoms. The Bertz CT molecular complexity index is 423. The quantitative estimate of drug-likeness (QED) is 0.606. The maximum Gasteiger partial charge on any atom is 0.352 e. The molecular formula is C11H18N4O3. The minimum atomic E-state index is -0.531. The average Bonchev–Trinajstić information content (AvgIpc) is 2.26. The first kappa shape index (κ1) is 14.3. The molecule has 0 aromatic carbocycles. The van der Waals surface area contributed by atoms with E-state index in [4.69, 9.17) is 10.5 Å². The van der Waals surface area contributed by atoms with Gasteiger partial charge in [-0.1, -0.05) is 13.8 Å². The Balaban J connectivity index is 2.98. The van der Waals surface area contributed by atoms with E-state index in [-0.39, 0.29) is 17.6 Å². The molecule has 0 spiro atoms. The van der Waals surface area contributed by atoms with E-state index in [1.54, 1.807) is 0 Å². The van der Waals surface area contributed by atoms with Crippen molar-refractivity contribution in [3.05, 3.63) is 22.1 Å². The van der Waals surface area contributed by atoms with Crippen molar-refractivity contribution in [2.24, 2.45) is 11.7 Å². The van der Waals surface area contributed by atoms with Crippen LogP contribution in [0, 0.1) is 16.0 Å². The third-order valence-electron chi connectivity index (χ3n) is 2.47. The molecule has 1 aromatic rings. The molecule has 1 heterocycles. The van der Waals surface area contributed by atoms with Crippen molar-refractivity contribution in [1.29, 1.82) is 0 Å². The zero-order valence-corrected chi connectivity index (χ0v) is 10.8. The van der Waals surface area contributed by atoms with Gasteiger partial charge >= 0.3 is 5.69 Å². The predicted octanol–water partition coefficient (Wildman–Crippen LogP) is 1.31. The van der Waals surface area contributed by atoms with E-state index in [0.29, 0.717) is 18.0 Å². The van der Waals surface area contributed by atoms with Crippen LogP contribution in [0.4, 0.5) is 5.69 Å². The van der Waals surface area contributed by atoms with Crippen LogP contribution >= 0.6 is 0 Å². The number of aromatic nitrogens is 2. The maximum atomic E-state index is 11.0. The van der Waals surface area contributed by atoms with Gasteiger partial charge in [0, 0.05) is 12.5 Å². The molecule has 2 N–H and O–H groups in total. The van der Waals surface area contributed by atoms with Crippen LogP contribution in [0.2, 0.25) is 0 Å². The number of nitro groups is 1. The van der Waals surface area contributed by atoms with Gasteiger partial charge in [0.05, 0.1) is 12.0 Å². The normalized spacial score (nSPS) is 12.5. The summed E-state index contributed by atoms with van der Waals surface area (Å²) in [7, 11) is 1.34. The van der Waals surface area contributed by atoms with Gasteiger partial charge in [-0.25, -0.2) is 4.98 Å². The van der Waals surface area contributed by atoms with Crippen LogP contribution in [-0.4, -0.2) is 28.0 Å². The highest BCUT2D eigenvalue weighted by Gasteiger charge is 2.24. The van der Waals surface area contributed by atoms with E-state index in [2.05, 4.69) is 23.8 Å². The summed E-state index contributed by atoms with van der Waals surface area (Å²) in [5.41, 5.74) is 6.07. The minimum Gasteiger partial charge on any atom is -0.476 e. The Morgan fingerprint density at radius 1 is 1.50 bits per heavy atom. The highest BCUT2D eigenvalue weighted by Crippen LogP contribution is 2.27. The molecule has 0 aliphatic heterocycles. The van der Waals surface area contributed by atoms with Gasteiger partial charge in [0.15, 0.2) is 0 Å². The molecule has 0 aliphatic carbocycles. The number of nitrogens with two attached hydrogens (primary N) is 1. The van der Waals surface area contributed by atoms with Crippen molar-refractivity contribution >= 4 is 5.69 Å². The Hall–Kier alpha value is -1.76. The molecule has 0 aliphatic rings. The van der Waals surface area contributed by atoms with Gasteiger partial charge in [-0.15, -0.1) is 0 Å². The highest BCUT2D eigenvalue weighted by atomic mass is 16.6. The summed E-state index contributed by atoms with van der Waals surface area (Å²) in [6.45, 7) is 4.10. The second-order valence-corrected chi connectivity index (χ2v) is 4.53. The molecule has 18 heavy (non-hydrogen) atoms. The molecule has 0 radical (unpaired) electrons. The monoisotopic (exact) mass is 254 g/mol. The zero-order valence-electron chi connectivity index (χ0n) is 10.8. The standard InChI is InChI=1S/C11H18N4O3/c1-7(2)4-8(12)5-9-10(15(16)17)11(18-3)14-6-13-9/h6-8H,4-5,12H2,1-3H3. The summed E-state index contributed by atoms with van der Waals surface area (Å²) in [5.74, 6) is 0.407. The van der Waals surface area contributed by atoms with Gasteiger partial charge in [-0.3, -0.25) is 10.1 Å². The lowest BCUT2D eigenvalue weighted by Gasteiger charge is -2.13. The van der Waals surface area contributed by atoms with Gasteiger partial charge in [0.2, 0.25) is 0 Å². The van der Waals surface area contributed by atoms with Gasteiger partial charge in [0.25, 0.3) is 5.88 Å². The van der Waals surface area contributed by atoms with Crippen molar-refractivity contribution < 1.29 is 9.66 Å². The van der Waals surface area contributed by atoms with E-state index >= 15 is 0 Å². The molecule has 0 saturated heterocycles. The van der Waals surface area contributed by atoms with Crippen LogP contribution in [-0.2, 0) is 6.42 Å². The molecule has 100 valence electrons. The maximum absolute atomic E-state index is 11.0. The topological polar surface area (TPSA) is 104 Å². The third kappa shape index (κ3) is 3.63. The molecule has 0 amide bonds. The predicted molar refractivity (Wildman–Crippen MR) is 66.4 cm³/mol. The van der Waals surface area contributed by atoms with Crippen molar-refractivity contribution in [2.75, 3.05) is 7.11 Å². The third-order valence-corrected chi connectivity index (χ3v) is 2.47. The summed E-state index contributed by atoms with van der Waals surface area (Å²) in [6.07, 6.45) is 2.38. The molecule has 0 saturated carbocycles. The Labute approximate surface area is 106 Å². The molecule has 1 rings (SSSR count). The van der Waals surface area contributed by atoms with E-state index < -0.39 is 4.92 Å². The number of hydrogen-bond acceptors (Lipinski definition) is 6. The molecule has 0 fully saturated rings. The zero-order chi connectivity index (χ0) is 13.7. The summed E-state index contributed by atoms with van der Waals surface area (Å²) < 4.78 is 4.88. The number of hydrogen-bond donors (Lipinski definition) is 1. The molecule has 7 heteroatoms. The van der Waals surface area contributed by atoms with Crippen molar-refractivity contribution in [3.63, 3.8) is 0 Å². The second kappa shape index (κ2) is 6.25. The lowest BCUT2D eigenvalue weighted by molar-refractivity contribution is -0.387. The highest BCUT2D eigenvalue weighted by molar-refractivity contribution is 5.44. The molecule has 1 aromatic heterocycles. The molecule has 7 nitrogen and oxygen atoms in total. The van der Waals surface area contributed by atoms with Crippen molar-refractivity contribution in [1.82, 2.24) is 9.97 Å². The summed E-state index contributed by atoms with van der Waals surface area (Å²) >= 11 is 0. The first-order chi connectivity index (χ1) is 8.45. The molecule has 1 unspecified atom stereocenters. The van der Waals surface area contributed by atoms with Crippen LogP contribution in [0.3, 0.4) is 0 Å². The molecular weight excluding hydrogens is 236 g/mol. The van der Waals surface area contributed by atoms with Crippen molar-refractivity contribution in [2.45, 2.75) is 32.7 Å². The van der Waals surface area contributed by atoms with Crippen LogP contribution in [0.25, 0.3) is 0 Å². The first-order valence-electron chi connectivity index (χ1n) is 5.73. The van der Waals surface area contributed by atoms with E-state index in [9.17, 15) is 10.1 Å². The first-order valence-corrected chi connectivity index (χ1v) is 5.73. The minimum absolute atomic E-state index is 0.0262. The number of methoxy groups -OCH3 is 1. The lowest BCUT2D eigenvalue weighted by Crippen LogP contribution is -2.25. The van der Waals surface area contributed by atoms with Gasteiger partial charge in [-0.05, 0) is 12.3 Å². The van der Waals surface area contributed by atoms with Crippen LogP contribution in [0.5, 0.6) is 5.88 Å². The fraction of sp³-hybridized carbons (Fsp3) is 0.636. The van der Waals surface area contributed by atoms with Gasteiger partial charge < -0.3 is 10.5 Å². The largest absolute Gasteiger partial charge is 0.476 e. The lowest BCUT2D eigenvalue weighted by atomic mass is 10.00. The summed E-state index contributed by atoms with van der Waals surface area (Å²) in [6, 6.07) is -0.164. The number of rotatable bonds is 6. The Kier molecular flexibility index (Phi) is 4.96. The molecule has 1 atom stereocenters. The van der Waals surface area contributed by atoms with E-state index in [1.807, 2.05) is 0 Å². The van der Waals surface area contributed by atoms with E-state index in [0.717, 1.165) is 6.42 Å². The van der Waals surface area contributed by atoms with Crippen LogP contribution in [0.1, 0.15) is 26.0 Å². The fourth-order valence-corrected chi connectivity index (χ4v) is 1.82. The Morgan fingerprint density at radius 2 is 2.17 bits per heavy atom. The second-order valence-electron chi connectivity index (χ2n) is 4.53. The van der Waals surface area contributed by atoms with E-state index in [1.165, 1.54) is 13.4 Å². The Morgan fingerprint density at radius 3 is 2.67 bits per heavy atom. The van der Waals surface area contributed by atoms with Crippen LogP contribution in [0.15, 0.2) is 6.33 Å². The van der Waals surface area contributed by atoms with Gasteiger partial charge in [-0.2, -0.15) is 4.98 Å². The smallest absolute Gasteiger partial charge is 0.352 e. The number of nitrogens with zero attached hydrogens (tertiary/aromatic N) is 3. The number of ether oxygens (including phenoxy) is 1. The average molecular weight is 254 g/mol. The summed E-state index contributed by atoms with van der Waals surface area (Å²) in [4.78, 5) is 18.2. The SMILES string of the molecule is COc1ncnc(CC(N)CC(C)C)c1[N+](=O)[O-].